The van der Waals surface area contributed by atoms with Crippen molar-refractivity contribution in [2.45, 2.75) is 87.3 Å². The van der Waals surface area contributed by atoms with Crippen LogP contribution in [0.3, 0.4) is 0 Å². The fraction of sp³-hybridized carbons (Fsp3) is 1.00. The average Bonchev–Trinajstić information content (AvgIpc) is 2.74. The summed E-state index contributed by atoms with van der Waals surface area (Å²) in [6, 6.07) is -0.0711. The molecule has 180 valence electrons. The Kier molecular flexibility index (Phi) is 8.08. The van der Waals surface area contributed by atoms with Crippen LogP contribution >= 0.6 is 11.6 Å². The summed E-state index contributed by atoms with van der Waals surface area (Å²) in [6.07, 6.45) is 2.82. The van der Waals surface area contributed by atoms with Crippen molar-refractivity contribution in [3.63, 3.8) is 0 Å². The number of hydrogen-bond acceptors (Lipinski definition) is 5. The van der Waals surface area contributed by atoms with Crippen LogP contribution in [-0.2, 0) is 0 Å². The number of likely N-dealkylation sites (N-methyl/N-ethyl adjacent to an activating group) is 1. The molecule has 2 heterocycles. The van der Waals surface area contributed by atoms with Crippen molar-refractivity contribution in [3.05, 3.63) is 0 Å². The summed E-state index contributed by atoms with van der Waals surface area (Å²) < 4.78 is 42.0. The molecule has 0 spiro atoms. The van der Waals surface area contributed by atoms with Crippen LogP contribution in [0.5, 0.6) is 0 Å². The lowest BCUT2D eigenvalue weighted by Gasteiger charge is -2.47. The highest BCUT2D eigenvalue weighted by Crippen LogP contribution is 2.40. The Hall–Kier alpha value is -0.120. The molecule has 2 aliphatic heterocycles. The third kappa shape index (κ3) is 6.27. The first-order valence-electron chi connectivity index (χ1n) is 12.2. The van der Waals surface area contributed by atoms with Gasteiger partial charge in [0.1, 0.15) is 6.29 Å². The fourth-order valence-corrected chi connectivity index (χ4v) is 6.44. The van der Waals surface area contributed by atoms with E-state index in [1.165, 1.54) is 0 Å². The minimum atomic E-state index is -4.15. The molecular formula is C22H39ClF3N5. The van der Waals surface area contributed by atoms with Gasteiger partial charge in [-0.15, -0.1) is 11.6 Å². The molecule has 2 aliphatic carbocycles. The first-order valence-corrected chi connectivity index (χ1v) is 12.6. The second-order valence-electron chi connectivity index (χ2n) is 10.2. The molecule has 0 amide bonds. The number of alkyl halides is 4. The maximum Gasteiger partial charge on any atom is 0.393 e. The van der Waals surface area contributed by atoms with Gasteiger partial charge in [-0.3, -0.25) is 20.9 Å². The van der Waals surface area contributed by atoms with Crippen molar-refractivity contribution in [1.29, 1.82) is 0 Å². The van der Waals surface area contributed by atoms with Gasteiger partial charge in [-0.2, -0.15) is 13.2 Å². The van der Waals surface area contributed by atoms with Crippen LogP contribution in [0.4, 0.5) is 13.2 Å². The van der Waals surface area contributed by atoms with E-state index in [2.05, 4.69) is 25.8 Å². The molecule has 4 fully saturated rings. The molecule has 2 saturated heterocycles. The third-order valence-electron chi connectivity index (χ3n) is 8.10. The zero-order valence-corrected chi connectivity index (χ0v) is 19.4. The van der Waals surface area contributed by atoms with Gasteiger partial charge in [-0.25, -0.2) is 0 Å². The molecular weight excluding hydrogens is 427 g/mol. The number of nitrogens with one attached hydrogen (secondary N) is 3. The summed E-state index contributed by atoms with van der Waals surface area (Å²) in [7, 11) is 2.04. The van der Waals surface area contributed by atoms with Crippen LogP contribution in [0.1, 0.15) is 51.4 Å². The Bertz CT molecular complexity index is 564. The maximum absolute atomic E-state index is 14.0. The van der Waals surface area contributed by atoms with Gasteiger partial charge < -0.3 is 4.90 Å². The highest BCUT2D eigenvalue weighted by molar-refractivity contribution is 6.20. The normalized spacial score (nSPS) is 41.9. The summed E-state index contributed by atoms with van der Waals surface area (Å²) in [4.78, 5) is 4.29. The molecule has 0 bridgehead atoms. The van der Waals surface area contributed by atoms with Crippen molar-refractivity contribution >= 4 is 11.6 Å². The van der Waals surface area contributed by atoms with Crippen molar-refractivity contribution in [2.24, 2.45) is 11.8 Å². The van der Waals surface area contributed by atoms with E-state index >= 15 is 0 Å². The van der Waals surface area contributed by atoms with Crippen molar-refractivity contribution in [1.82, 2.24) is 25.8 Å². The molecule has 5 nitrogen and oxygen atoms in total. The SMILES string of the molecule is CN1CCN(C2CCC(NC3NCCC(C4CCC(Cl)CC4)N3)CC2C(F)(F)F)CC1. The quantitative estimate of drug-likeness (QED) is 0.557. The van der Waals surface area contributed by atoms with E-state index < -0.39 is 12.1 Å². The van der Waals surface area contributed by atoms with E-state index in [1.54, 1.807) is 0 Å². The molecule has 3 N–H and O–H groups in total. The lowest BCUT2D eigenvalue weighted by Crippen LogP contribution is -2.65. The Morgan fingerprint density at radius 3 is 2.32 bits per heavy atom. The van der Waals surface area contributed by atoms with Crippen molar-refractivity contribution in [2.75, 3.05) is 39.8 Å². The van der Waals surface area contributed by atoms with Gasteiger partial charge in [0.2, 0.25) is 0 Å². The minimum Gasteiger partial charge on any atom is -0.304 e. The smallest absolute Gasteiger partial charge is 0.304 e. The summed E-state index contributed by atoms with van der Waals surface area (Å²) in [5.41, 5.74) is 0. The number of nitrogens with zero attached hydrogens (tertiary/aromatic N) is 2. The average molecular weight is 466 g/mol. The van der Waals surface area contributed by atoms with Gasteiger partial charge >= 0.3 is 6.18 Å². The van der Waals surface area contributed by atoms with Crippen LogP contribution < -0.4 is 16.0 Å². The minimum absolute atomic E-state index is 0.105. The Morgan fingerprint density at radius 1 is 0.935 bits per heavy atom. The first kappa shape index (κ1) is 24.0. The van der Waals surface area contributed by atoms with E-state index in [-0.39, 0.29) is 24.8 Å². The van der Waals surface area contributed by atoms with Crippen LogP contribution in [0.25, 0.3) is 0 Å². The molecule has 4 aliphatic rings. The second-order valence-corrected chi connectivity index (χ2v) is 10.8. The number of hydrogen-bond donors (Lipinski definition) is 3. The van der Waals surface area contributed by atoms with Gasteiger partial charge in [0, 0.05) is 49.7 Å². The van der Waals surface area contributed by atoms with Gasteiger partial charge in [0.05, 0.1) is 5.92 Å². The van der Waals surface area contributed by atoms with Crippen LogP contribution in [0.2, 0.25) is 0 Å². The van der Waals surface area contributed by atoms with Gasteiger partial charge in [0.25, 0.3) is 0 Å². The molecule has 5 unspecified atom stereocenters. The molecule has 0 aromatic rings. The molecule has 5 atom stereocenters. The lowest BCUT2D eigenvalue weighted by molar-refractivity contribution is -0.203. The van der Waals surface area contributed by atoms with Crippen molar-refractivity contribution < 1.29 is 13.2 Å². The highest BCUT2D eigenvalue weighted by atomic mass is 35.5. The summed E-state index contributed by atoms with van der Waals surface area (Å²) in [5, 5.41) is 10.9. The van der Waals surface area contributed by atoms with Crippen LogP contribution in [0, 0.1) is 11.8 Å². The summed E-state index contributed by atoms with van der Waals surface area (Å²) >= 11 is 6.26. The van der Waals surface area contributed by atoms with E-state index in [4.69, 9.17) is 11.6 Å². The molecule has 2 saturated carbocycles. The topological polar surface area (TPSA) is 42.6 Å². The summed E-state index contributed by atoms with van der Waals surface area (Å²) in [5.74, 6) is -0.627. The number of halogens is 4. The lowest BCUT2D eigenvalue weighted by atomic mass is 9.79. The molecule has 9 heteroatoms. The summed E-state index contributed by atoms with van der Waals surface area (Å²) in [6.45, 7) is 4.08. The second kappa shape index (κ2) is 10.4. The Labute approximate surface area is 189 Å². The largest absolute Gasteiger partial charge is 0.393 e. The maximum atomic E-state index is 14.0. The van der Waals surface area contributed by atoms with E-state index in [0.717, 1.165) is 71.2 Å². The highest BCUT2D eigenvalue weighted by Gasteiger charge is 2.50. The fourth-order valence-electron chi connectivity index (χ4n) is 6.18. The van der Waals surface area contributed by atoms with Crippen LogP contribution in [-0.4, -0.2) is 85.5 Å². The van der Waals surface area contributed by atoms with E-state index in [9.17, 15) is 13.2 Å². The van der Waals surface area contributed by atoms with Crippen LogP contribution in [0.15, 0.2) is 0 Å². The molecule has 0 radical (unpaired) electrons. The van der Waals surface area contributed by atoms with E-state index in [0.29, 0.717) is 23.8 Å². The molecule has 0 aromatic carbocycles. The molecule has 31 heavy (non-hydrogen) atoms. The number of rotatable bonds is 4. The third-order valence-corrected chi connectivity index (χ3v) is 8.53. The predicted molar refractivity (Wildman–Crippen MR) is 118 cm³/mol. The molecule has 4 rings (SSSR count). The van der Waals surface area contributed by atoms with Gasteiger partial charge in [-0.1, -0.05) is 0 Å². The first-order chi connectivity index (χ1) is 14.8. The zero-order valence-electron chi connectivity index (χ0n) is 18.6. The predicted octanol–water partition coefficient (Wildman–Crippen LogP) is 2.96. The van der Waals surface area contributed by atoms with Crippen molar-refractivity contribution in [3.8, 4) is 0 Å². The Balaban J connectivity index is 1.32. The monoisotopic (exact) mass is 465 g/mol. The Morgan fingerprint density at radius 2 is 1.65 bits per heavy atom. The molecule has 0 aromatic heterocycles. The van der Waals surface area contributed by atoms with E-state index in [1.807, 2.05) is 7.05 Å². The van der Waals surface area contributed by atoms with Gasteiger partial charge in [-0.05, 0) is 70.9 Å². The van der Waals surface area contributed by atoms with Gasteiger partial charge in [0.15, 0.2) is 0 Å². The standard InChI is InChI=1S/C22H39ClF3N5/c1-30-10-12-31(13-11-30)20-7-6-17(14-18(20)22(24,25)26)28-21-27-9-8-19(29-21)15-2-4-16(23)5-3-15/h15-21,27-29H,2-14H2,1H3. The number of piperazine rings is 1. The zero-order chi connectivity index (χ0) is 22.0.